The first-order valence-corrected chi connectivity index (χ1v) is 11.0. The molecule has 3 amide bonds. The zero-order valence-corrected chi connectivity index (χ0v) is 18.0. The molecule has 0 unspecified atom stereocenters. The number of nitrogens with one attached hydrogen (secondary N) is 3. The number of hydrogen-bond donors (Lipinski definition) is 3. The van der Waals surface area contributed by atoms with E-state index in [-0.39, 0.29) is 11.9 Å². The molecule has 3 aromatic carbocycles. The van der Waals surface area contributed by atoms with Gasteiger partial charge in [-0.05, 0) is 55.2 Å². The monoisotopic (exact) mass is 428 g/mol. The molecule has 0 aromatic heterocycles. The summed E-state index contributed by atoms with van der Waals surface area (Å²) < 4.78 is 0. The van der Waals surface area contributed by atoms with Crippen LogP contribution in [0.1, 0.15) is 35.2 Å². The van der Waals surface area contributed by atoms with Crippen molar-refractivity contribution in [2.24, 2.45) is 0 Å². The number of carbonyl (C=O) groups excluding carboxylic acids is 2. The van der Waals surface area contributed by atoms with Gasteiger partial charge in [0.1, 0.15) is 0 Å². The zero-order chi connectivity index (χ0) is 22.2. The van der Waals surface area contributed by atoms with Crippen molar-refractivity contribution in [2.75, 3.05) is 28.6 Å². The minimum atomic E-state index is -0.349. The molecule has 6 heteroatoms. The van der Waals surface area contributed by atoms with Crippen LogP contribution in [-0.4, -0.2) is 25.0 Å². The molecular weight excluding hydrogens is 400 g/mol. The second-order valence-corrected chi connectivity index (χ2v) is 7.89. The van der Waals surface area contributed by atoms with Crippen LogP contribution in [0.3, 0.4) is 0 Å². The minimum Gasteiger partial charge on any atom is -0.371 e. The number of benzene rings is 3. The maximum atomic E-state index is 13.1. The highest BCUT2D eigenvalue weighted by molar-refractivity contribution is 6.04. The molecule has 0 saturated carbocycles. The molecule has 32 heavy (non-hydrogen) atoms. The lowest BCUT2D eigenvalue weighted by Gasteiger charge is -2.30. The Morgan fingerprint density at radius 2 is 1.41 bits per heavy atom. The molecule has 3 aromatic rings. The maximum absolute atomic E-state index is 13.1. The summed E-state index contributed by atoms with van der Waals surface area (Å²) in [4.78, 5) is 27.8. The molecule has 3 N–H and O–H groups in total. The Hall–Kier alpha value is -3.80. The predicted molar refractivity (Wildman–Crippen MR) is 129 cm³/mol. The molecule has 0 aliphatic carbocycles. The van der Waals surface area contributed by atoms with Crippen LogP contribution in [0.5, 0.6) is 0 Å². The summed E-state index contributed by atoms with van der Waals surface area (Å²) in [5.74, 6) is -0.151. The van der Waals surface area contributed by atoms with Crippen molar-refractivity contribution in [1.82, 2.24) is 5.32 Å². The van der Waals surface area contributed by atoms with E-state index >= 15 is 0 Å². The molecular formula is C26H28N4O2. The smallest absolute Gasteiger partial charge is 0.323 e. The van der Waals surface area contributed by atoms with Gasteiger partial charge in [0.25, 0.3) is 5.91 Å². The Kier molecular flexibility index (Phi) is 7.02. The Balaban J connectivity index is 1.52. The molecule has 164 valence electrons. The van der Waals surface area contributed by atoms with Gasteiger partial charge in [0, 0.05) is 36.7 Å². The highest BCUT2D eigenvalue weighted by Gasteiger charge is 2.19. The third-order valence-electron chi connectivity index (χ3n) is 5.52. The Bertz CT molecular complexity index is 1050. The van der Waals surface area contributed by atoms with Gasteiger partial charge in [0.2, 0.25) is 0 Å². The van der Waals surface area contributed by atoms with E-state index in [2.05, 4.69) is 20.9 Å². The highest BCUT2D eigenvalue weighted by Crippen LogP contribution is 2.27. The average molecular weight is 429 g/mol. The van der Waals surface area contributed by atoms with Crippen molar-refractivity contribution >= 4 is 29.0 Å². The molecule has 1 fully saturated rings. The number of anilines is 3. The van der Waals surface area contributed by atoms with Crippen molar-refractivity contribution in [3.8, 4) is 0 Å². The topological polar surface area (TPSA) is 73.5 Å². The standard InChI is InChI=1S/C26H28N4O2/c31-25(27-19-20-10-4-1-5-11-20)23-18-22(14-15-24(23)30-16-8-3-9-17-30)29-26(32)28-21-12-6-2-7-13-21/h1-2,4-7,10-15,18H,3,8-9,16-17,19H2,(H,27,31)(H2,28,29,32). The van der Waals surface area contributed by atoms with Crippen LogP contribution in [-0.2, 0) is 6.54 Å². The van der Waals surface area contributed by atoms with E-state index in [4.69, 9.17) is 0 Å². The molecule has 4 rings (SSSR count). The summed E-state index contributed by atoms with van der Waals surface area (Å²) in [6.07, 6.45) is 3.44. The third kappa shape index (κ3) is 5.66. The second-order valence-electron chi connectivity index (χ2n) is 7.89. The molecule has 0 atom stereocenters. The fourth-order valence-electron chi connectivity index (χ4n) is 3.89. The van der Waals surface area contributed by atoms with Crippen molar-refractivity contribution in [2.45, 2.75) is 25.8 Å². The summed E-state index contributed by atoms with van der Waals surface area (Å²) in [6.45, 7) is 2.31. The first kappa shape index (κ1) is 21.4. The van der Waals surface area contributed by atoms with E-state index in [1.165, 1.54) is 6.42 Å². The van der Waals surface area contributed by atoms with Crippen LogP contribution in [0.4, 0.5) is 21.9 Å². The largest absolute Gasteiger partial charge is 0.371 e. The molecule has 1 aliphatic heterocycles. The fourth-order valence-corrected chi connectivity index (χ4v) is 3.89. The van der Waals surface area contributed by atoms with E-state index in [0.717, 1.165) is 37.2 Å². The van der Waals surface area contributed by atoms with Crippen LogP contribution in [0.15, 0.2) is 78.9 Å². The maximum Gasteiger partial charge on any atom is 0.323 e. The van der Waals surface area contributed by atoms with Crippen LogP contribution >= 0.6 is 0 Å². The number of nitrogens with zero attached hydrogens (tertiary/aromatic N) is 1. The molecule has 0 radical (unpaired) electrons. The van der Waals surface area contributed by atoms with E-state index in [0.29, 0.717) is 23.5 Å². The van der Waals surface area contributed by atoms with Gasteiger partial charge in [-0.25, -0.2) is 4.79 Å². The fraction of sp³-hybridized carbons (Fsp3) is 0.231. The molecule has 0 bridgehead atoms. The first-order valence-electron chi connectivity index (χ1n) is 11.0. The SMILES string of the molecule is O=C(Nc1ccccc1)Nc1ccc(N2CCCCC2)c(C(=O)NCc2ccccc2)c1. The molecule has 1 heterocycles. The summed E-state index contributed by atoms with van der Waals surface area (Å²) in [6, 6.07) is 24.3. The molecule has 0 spiro atoms. The van der Waals surface area contributed by atoms with Gasteiger partial charge < -0.3 is 20.9 Å². The summed E-state index contributed by atoms with van der Waals surface area (Å²) in [5, 5.41) is 8.66. The quantitative estimate of drug-likeness (QED) is 0.502. The van der Waals surface area contributed by atoms with Gasteiger partial charge >= 0.3 is 6.03 Å². The minimum absolute atomic E-state index is 0.151. The summed E-state index contributed by atoms with van der Waals surface area (Å²) in [7, 11) is 0. The second kappa shape index (κ2) is 10.5. The van der Waals surface area contributed by atoms with Gasteiger partial charge in [0.05, 0.1) is 5.56 Å². The predicted octanol–water partition coefficient (Wildman–Crippen LogP) is 5.25. The van der Waals surface area contributed by atoms with Gasteiger partial charge in [-0.15, -0.1) is 0 Å². The van der Waals surface area contributed by atoms with Crippen LogP contribution in [0.25, 0.3) is 0 Å². The zero-order valence-electron chi connectivity index (χ0n) is 18.0. The number of carbonyl (C=O) groups is 2. The number of rotatable bonds is 6. The number of para-hydroxylation sites is 1. The van der Waals surface area contributed by atoms with Gasteiger partial charge in [-0.2, -0.15) is 0 Å². The normalized spacial score (nSPS) is 13.3. The number of amides is 3. The Labute approximate surface area is 188 Å². The van der Waals surface area contributed by atoms with Crippen molar-refractivity contribution in [3.05, 3.63) is 90.0 Å². The van der Waals surface area contributed by atoms with Crippen molar-refractivity contribution in [3.63, 3.8) is 0 Å². The van der Waals surface area contributed by atoms with E-state index < -0.39 is 0 Å². The van der Waals surface area contributed by atoms with Gasteiger partial charge in [-0.3, -0.25) is 4.79 Å². The third-order valence-corrected chi connectivity index (χ3v) is 5.52. The highest BCUT2D eigenvalue weighted by atomic mass is 16.2. The number of hydrogen-bond acceptors (Lipinski definition) is 3. The van der Waals surface area contributed by atoms with Crippen LogP contribution < -0.4 is 20.9 Å². The number of urea groups is 1. The van der Waals surface area contributed by atoms with E-state index in [9.17, 15) is 9.59 Å². The lowest BCUT2D eigenvalue weighted by molar-refractivity contribution is 0.0951. The molecule has 1 aliphatic rings. The number of piperidine rings is 1. The Morgan fingerprint density at radius 1 is 0.750 bits per heavy atom. The molecule has 1 saturated heterocycles. The lowest BCUT2D eigenvalue weighted by Crippen LogP contribution is -2.33. The van der Waals surface area contributed by atoms with Gasteiger partial charge in [0.15, 0.2) is 0 Å². The molecule has 6 nitrogen and oxygen atoms in total. The summed E-state index contributed by atoms with van der Waals surface area (Å²) in [5.41, 5.74) is 3.79. The summed E-state index contributed by atoms with van der Waals surface area (Å²) >= 11 is 0. The van der Waals surface area contributed by atoms with Crippen molar-refractivity contribution in [1.29, 1.82) is 0 Å². The Morgan fingerprint density at radius 3 is 2.12 bits per heavy atom. The van der Waals surface area contributed by atoms with Crippen LogP contribution in [0.2, 0.25) is 0 Å². The van der Waals surface area contributed by atoms with Crippen LogP contribution in [0, 0.1) is 0 Å². The van der Waals surface area contributed by atoms with E-state index in [1.54, 1.807) is 6.07 Å². The van der Waals surface area contributed by atoms with E-state index in [1.807, 2.05) is 72.8 Å². The average Bonchev–Trinajstić information content (AvgIpc) is 2.84. The van der Waals surface area contributed by atoms with Crippen molar-refractivity contribution < 1.29 is 9.59 Å². The lowest BCUT2D eigenvalue weighted by atomic mass is 10.1. The first-order chi connectivity index (χ1) is 15.7. The van der Waals surface area contributed by atoms with Gasteiger partial charge in [-0.1, -0.05) is 48.5 Å².